The van der Waals surface area contributed by atoms with E-state index in [-0.39, 0.29) is 0 Å². The molecular weight excluding hydrogens is 663 g/mol. The fraction of sp³-hybridized carbons (Fsp3) is 0.0370. The van der Waals surface area contributed by atoms with Crippen LogP contribution in [0.15, 0.2) is 200 Å². The lowest BCUT2D eigenvalue weighted by Gasteiger charge is -2.31. The number of nitrogens with zero attached hydrogens (tertiary/aromatic N) is 1. The first-order valence-corrected chi connectivity index (χ1v) is 19.1. The Morgan fingerprint density at radius 3 is 1.18 bits per heavy atom. The van der Waals surface area contributed by atoms with Crippen molar-refractivity contribution in [2.24, 2.45) is 0 Å². The fourth-order valence-electron chi connectivity index (χ4n) is 8.75. The highest BCUT2D eigenvalue weighted by Crippen LogP contribution is 2.52. The Bertz CT molecular complexity index is 3000. The largest absolute Gasteiger partial charge is 0.309 e. The maximum atomic E-state index is 2.51. The summed E-state index contributed by atoms with van der Waals surface area (Å²) in [4.78, 5) is 2.45. The van der Waals surface area contributed by atoms with Crippen molar-refractivity contribution < 1.29 is 0 Å². The second kappa shape index (κ2) is 13.5. The fourth-order valence-corrected chi connectivity index (χ4v) is 8.75. The van der Waals surface area contributed by atoms with Crippen molar-refractivity contribution in [1.82, 2.24) is 0 Å². The first kappa shape index (κ1) is 32.7. The standard InChI is InChI=1S/C54H39N/c1-36-18-16-22-39(32-36)51-44-29-13-14-30-45(44)52(40-23-17-19-37(2)33-40)50-35-48-47(34-49(50)51)43-28-12-15-31-46(43)54(53(48)38-20-6-3-7-21-38)55(41-24-8-4-9-25-41)42-26-10-5-11-27-42/h3-35H,1-2H3. The second-order valence-corrected chi connectivity index (χ2v) is 14.6. The number of aryl methyl sites for hydroxylation is 2. The summed E-state index contributed by atoms with van der Waals surface area (Å²) < 4.78 is 0. The number of hydrogen-bond acceptors (Lipinski definition) is 1. The maximum absolute atomic E-state index is 2.51. The summed E-state index contributed by atoms with van der Waals surface area (Å²) in [5.41, 5.74) is 13.3. The molecule has 260 valence electrons. The summed E-state index contributed by atoms with van der Waals surface area (Å²) in [5, 5.41) is 9.93. The molecule has 0 fully saturated rings. The van der Waals surface area contributed by atoms with Crippen LogP contribution in [0.3, 0.4) is 0 Å². The van der Waals surface area contributed by atoms with Crippen molar-refractivity contribution in [2.45, 2.75) is 13.8 Å². The van der Waals surface area contributed by atoms with Gasteiger partial charge in [0, 0.05) is 22.3 Å². The molecule has 0 heterocycles. The third-order valence-electron chi connectivity index (χ3n) is 11.1. The highest BCUT2D eigenvalue weighted by Gasteiger charge is 2.25. The minimum Gasteiger partial charge on any atom is -0.309 e. The molecule has 0 radical (unpaired) electrons. The molecule has 55 heavy (non-hydrogen) atoms. The van der Waals surface area contributed by atoms with E-state index in [1.165, 1.54) is 93.3 Å². The lowest BCUT2D eigenvalue weighted by molar-refractivity contribution is 1.30. The average molecular weight is 702 g/mol. The molecule has 10 rings (SSSR count). The summed E-state index contributed by atoms with van der Waals surface area (Å²) in [5.74, 6) is 0. The molecule has 0 unspecified atom stereocenters. The molecule has 10 aromatic carbocycles. The maximum Gasteiger partial charge on any atom is 0.0624 e. The van der Waals surface area contributed by atoms with Crippen LogP contribution in [0.25, 0.3) is 76.5 Å². The topological polar surface area (TPSA) is 3.24 Å². The molecule has 0 aromatic heterocycles. The number of benzene rings is 10. The normalized spacial score (nSPS) is 11.5. The van der Waals surface area contributed by atoms with E-state index in [4.69, 9.17) is 0 Å². The minimum absolute atomic E-state index is 1.12. The van der Waals surface area contributed by atoms with Crippen LogP contribution in [0.5, 0.6) is 0 Å². The highest BCUT2D eigenvalue weighted by atomic mass is 15.1. The van der Waals surface area contributed by atoms with Gasteiger partial charge in [0.1, 0.15) is 0 Å². The molecule has 0 N–H and O–H groups in total. The van der Waals surface area contributed by atoms with Crippen LogP contribution in [0, 0.1) is 13.8 Å². The second-order valence-electron chi connectivity index (χ2n) is 14.6. The quantitative estimate of drug-likeness (QED) is 0.123. The van der Waals surface area contributed by atoms with Gasteiger partial charge in [-0.25, -0.2) is 0 Å². The summed E-state index contributed by atoms with van der Waals surface area (Å²) in [6, 6.07) is 73.6. The molecule has 0 atom stereocenters. The zero-order valence-electron chi connectivity index (χ0n) is 31.0. The van der Waals surface area contributed by atoms with Gasteiger partial charge in [0.25, 0.3) is 0 Å². The molecule has 1 heteroatoms. The van der Waals surface area contributed by atoms with Crippen LogP contribution < -0.4 is 4.90 Å². The van der Waals surface area contributed by atoms with E-state index in [1.807, 2.05) is 0 Å². The summed E-state index contributed by atoms with van der Waals surface area (Å²) in [6.45, 7) is 4.38. The van der Waals surface area contributed by atoms with Gasteiger partial charge in [0.2, 0.25) is 0 Å². The number of rotatable bonds is 6. The monoisotopic (exact) mass is 701 g/mol. The minimum atomic E-state index is 1.12. The zero-order chi connectivity index (χ0) is 36.9. The predicted octanol–water partition coefficient (Wildman–Crippen LogP) is 15.4. The van der Waals surface area contributed by atoms with Gasteiger partial charge in [-0.3, -0.25) is 0 Å². The number of anilines is 3. The van der Waals surface area contributed by atoms with Gasteiger partial charge in [0.15, 0.2) is 0 Å². The molecule has 0 aliphatic rings. The molecule has 0 aliphatic heterocycles. The van der Waals surface area contributed by atoms with Crippen molar-refractivity contribution in [1.29, 1.82) is 0 Å². The first-order valence-electron chi connectivity index (χ1n) is 19.1. The molecule has 1 nitrogen and oxygen atoms in total. The molecule has 0 amide bonds. The van der Waals surface area contributed by atoms with Crippen LogP contribution in [0.4, 0.5) is 17.1 Å². The smallest absolute Gasteiger partial charge is 0.0624 e. The summed E-state index contributed by atoms with van der Waals surface area (Å²) in [7, 11) is 0. The molecule has 0 saturated heterocycles. The van der Waals surface area contributed by atoms with Crippen LogP contribution in [0.1, 0.15) is 11.1 Å². The van der Waals surface area contributed by atoms with Crippen molar-refractivity contribution in [3.05, 3.63) is 211 Å². The van der Waals surface area contributed by atoms with Gasteiger partial charge in [0.05, 0.1) is 5.69 Å². The predicted molar refractivity (Wildman–Crippen MR) is 237 cm³/mol. The van der Waals surface area contributed by atoms with E-state index >= 15 is 0 Å². The molecule has 0 bridgehead atoms. The number of para-hydroxylation sites is 2. The van der Waals surface area contributed by atoms with E-state index in [0.29, 0.717) is 0 Å². The van der Waals surface area contributed by atoms with Crippen LogP contribution in [-0.4, -0.2) is 0 Å². The highest BCUT2D eigenvalue weighted by molar-refractivity contribution is 6.29. The molecule has 0 spiro atoms. The van der Waals surface area contributed by atoms with Gasteiger partial charge in [-0.2, -0.15) is 0 Å². The number of fused-ring (bicyclic) bond motifs is 5. The van der Waals surface area contributed by atoms with Gasteiger partial charge < -0.3 is 4.90 Å². The zero-order valence-corrected chi connectivity index (χ0v) is 31.0. The molecule has 10 aromatic rings. The van der Waals surface area contributed by atoms with Crippen LogP contribution in [-0.2, 0) is 0 Å². The van der Waals surface area contributed by atoms with E-state index < -0.39 is 0 Å². The third kappa shape index (κ3) is 5.56. The molecule has 0 saturated carbocycles. The summed E-state index contributed by atoms with van der Waals surface area (Å²) in [6.07, 6.45) is 0. The Hall–Kier alpha value is -6.96. The van der Waals surface area contributed by atoms with Crippen molar-refractivity contribution in [3.63, 3.8) is 0 Å². The van der Waals surface area contributed by atoms with Crippen molar-refractivity contribution in [2.75, 3.05) is 4.90 Å². The van der Waals surface area contributed by atoms with E-state index in [9.17, 15) is 0 Å². The Morgan fingerprint density at radius 2 is 0.673 bits per heavy atom. The SMILES string of the molecule is Cc1cccc(-c2c3ccccc3c(-c3cccc(C)c3)c3cc4c(cc23)c(-c2ccccc2)c(N(c2ccccc2)c2ccccc2)c2ccccc24)c1. The van der Waals surface area contributed by atoms with Crippen LogP contribution >= 0.6 is 0 Å². The average Bonchev–Trinajstić information content (AvgIpc) is 3.23. The Balaban J connectivity index is 1.47. The van der Waals surface area contributed by atoms with Crippen molar-refractivity contribution >= 4 is 60.2 Å². The number of hydrogen-bond donors (Lipinski definition) is 0. The Morgan fingerprint density at radius 1 is 0.273 bits per heavy atom. The third-order valence-corrected chi connectivity index (χ3v) is 11.1. The van der Waals surface area contributed by atoms with E-state index in [2.05, 4.69) is 219 Å². The Kier molecular flexibility index (Phi) is 8.00. The summed E-state index contributed by atoms with van der Waals surface area (Å²) >= 11 is 0. The molecular formula is C54H39N. The van der Waals surface area contributed by atoms with Gasteiger partial charge >= 0.3 is 0 Å². The lowest BCUT2D eigenvalue weighted by Crippen LogP contribution is -2.12. The lowest BCUT2D eigenvalue weighted by atomic mass is 9.82. The van der Waals surface area contributed by atoms with Gasteiger partial charge in [-0.15, -0.1) is 0 Å². The first-order chi connectivity index (χ1) is 27.1. The van der Waals surface area contributed by atoms with Gasteiger partial charge in [-0.05, 0) is 116 Å². The van der Waals surface area contributed by atoms with Crippen molar-refractivity contribution in [3.8, 4) is 33.4 Å². The van der Waals surface area contributed by atoms with Crippen LogP contribution in [0.2, 0.25) is 0 Å². The molecule has 0 aliphatic carbocycles. The van der Waals surface area contributed by atoms with E-state index in [0.717, 1.165) is 11.4 Å². The Labute approximate surface area is 322 Å². The van der Waals surface area contributed by atoms with Gasteiger partial charge in [-0.1, -0.05) is 175 Å². The van der Waals surface area contributed by atoms with E-state index in [1.54, 1.807) is 0 Å².